The number of nitrogens with zero attached hydrogens (tertiary/aromatic N) is 3. The molecule has 1 saturated heterocycles. The van der Waals surface area contributed by atoms with E-state index >= 15 is 0 Å². The molecule has 1 aliphatic heterocycles. The van der Waals surface area contributed by atoms with Crippen LogP contribution >= 0.6 is 0 Å². The largest absolute Gasteiger partial charge is 0.476 e. The predicted octanol–water partition coefficient (Wildman–Crippen LogP) is 3.28. The number of rotatable bonds is 7. The highest BCUT2D eigenvalue weighted by Crippen LogP contribution is 2.43. The molecule has 0 unspecified atom stereocenters. The molecule has 0 spiro atoms. The average molecular weight is 409 g/mol. The number of hydrogen-bond donors (Lipinski definition) is 1. The Bertz CT molecular complexity index is 892. The molecular weight excluding hydrogens is 376 g/mol. The fourth-order valence-corrected chi connectivity index (χ4v) is 4.09. The summed E-state index contributed by atoms with van der Waals surface area (Å²) in [5.41, 5.74) is 2.68. The topological polar surface area (TPSA) is 67.4 Å². The molecule has 30 heavy (non-hydrogen) atoms. The lowest BCUT2D eigenvalue weighted by Gasteiger charge is -2.28. The number of pyridine rings is 2. The maximum atomic E-state index is 13.2. The van der Waals surface area contributed by atoms with E-state index in [0.717, 1.165) is 24.3 Å². The first-order valence-corrected chi connectivity index (χ1v) is 10.8. The molecule has 3 heterocycles. The van der Waals surface area contributed by atoms with Crippen molar-refractivity contribution >= 4 is 5.91 Å². The molecule has 2 aromatic rings. The van der Waals surface area contributed by atoms with E-state index < -0.39 is 5.41 Å². The lowest BCUT2D eigenvalue weighted by atomic mass is 9.90. The highest BCUT2D eigenvalue weighted by atomic mass is 16.5. The third-order valence-electron chi connectivity index (χ3n) is 6.18. The van der Waals surface area contributed by atoms with E-state index in [1.165, 1.54) is 18.4 Å². The van der Waals surface area contributed by atoms with Crippen LogP contribution in [0.5, 0.6) is 5.88 Å². The van der Waals surface area contributed by atoms with Crippen LogP contribution in [0.2, 0.25) is 0 Å². The first kappa shape index (κ1) is 20.8. The minimum atomic E-state index is -0.657. The van der Waals surface area contributed by atoms with Gasteiger partial charge in [0.05, 0.1) is 5.41 Å². The van der Waals surface area contributed by atoms with Crippen molar-refractivity contribution in [2.75, 3.05) is 26.7 Å². The lowest BCUT2D eigenvalue weighted by Crippen LogP contribution is -2.48. The van der Waals surface area contributed by atoms with Crippen LogP contribution in [0.3, 0.4) is 0 Å². The highest BCUT2D eigenvalue weighted by molar-refractivity contribution is 5.82. The van der Waals surface area contributed by atoms with Gasteiger partial charge in [-0.2, -0.15) is 0 Å². The van der Waals surface area contributed by atoms with E-state index in [-0.39, 0.29) is 17.9 Å². The van der Waals surface area contributed by atoms with Gasteiger partial charge in [-0.05, 0) is 64.3 Å². The molecule has 2 atom stereocenters. The van der Waals surface area contributed by atoms with Crippen LogP contribution in [0.1, 0.15) is 55.3 Å². The molecule has 6 heteroatoms. The minimum absolute atomic E-state index is 0.0109. The van der Waals surface area contributed by atoms with E-state index in [4.69, 9.17) is 4.74 Å². The van der Waals surface area contributed by atoms with Gasteiger partial charge in [0.15, 0.2) is 0 Å². The Morgan fingerprint density at radius 3 is 2.73 bits per heavy atom. The lowest BCUT2D eigenvalue weighted by molar-refractivity contribution is -0.131. The van der Waals surface area contributed by atoms with Crippen LogP contribution < -0.4 is 10.1 Å². The van der Waals surface area contributed by atoms with Crippen LogP contribution in [0.15, 0.2) is 36.7 Å². The summed E-state index contributed by atoms with van der Waals surface area (Å²) >= 11 is 0. The Labute approximate surface area is 179 Å². The second-order valence-electron chi connectivity index (χ2n) is 9.49. The van der Waals surface area contributed by atoms with Gasteiger partial charge in [-0.3, -0.25) is 9.78 Å². The van der Waals surface area contributed by atoms with E-state index in [1.54, 1.807) is 6.20 Å². The molecule has 1 amide bonds. The molecule has 2 aromatic heterocycles. The number of aromatic nitrogens is 2. The van der Waals surface area contributed by atoms with Gasteiger partial charge in [-0.25, -0.2) is 4.98 Å². The van der Waals surface area contributed by atoms with E-state index in [2.05, 4.69) is 39.4 Å². The van der Waals surface area contributed by atoms with Crippen molar-refractivity contribution < 1.29 is 9.53 Å². The number of nitrogens with one attached hydrogen (secondary N) is 1. The number of aryl methyl sites for hydroxylation is 1. The van der Waals surface area contributed by atoms with Crippen molar-refractivity contribution in [1.82, 2.24) is 20.2 Å². The zero-order valence-electron chi connectivity index (χ0n) is 18.4. The summed E-state index contributed by atoms with van der Waals surface area (Å²) in [4.78, 5) is 24.3. The molecule has 1 saturated carbocycles. The fourth-order valence-electron chi connectivity index (χ4n) is 4.09. The number of likely N-dealkylation sites (tertiary alicyclic amines) is 1. The Hall–Kier alpha value is -2.47. The number of ether oxygens (including phenoxy) is 1. The second kappa shape index (κ2) is 8.34. The zero-order valence-corrected chi connectivity index (χ0v) is 18.4. The van der Waals surface area contributed by atoms with Crippen LogP contribution in [0.25, 0.3) is 0 Å². The maximum absolute atomic E-state index is 13.2. The van der Waals surface area contributed by atoms with Crippen molar-refractivity contribution in [3.63, 3.8) is 0 Å². The Kier molecular flexibility index (Phi) is 5.78. The third-order valence-corrected chi connectivity index (χ3v) is 6.18. The molecule has 1 aliphatic carbocycles. The third kappa shape index (κ3) is 4.64. The summed E-state index contributed by atoms with van der Waals surface area (Å²) in [5.74, 6) is 1.48. The van der Waals surface area contributed by atoms with Gasteiger partial charge in [0.25, 0.3) is 0 Å². The van der Waals surface area contributed by atoms with Gasteiger partial charge in [-0.1, -0.05) is 12.1 Å². The van der Waals surface area contributed by atoms with Crippen molar-refractivity contribution in [2.24, 2.45) is 5.41 Å². The maximum Gasteiger partial charge on any atom is 0.229 e. The van der Waals surface area contributed by atoms with E-state index in [0.29, 0.717) is 18.4 Å². The molecule has 6 nitrogen and oxygen atoms in total. The van der Waals surface area contributed by atoms with Crippen molar-refractivity contribution in [3.05, 3.63) is 53.5 Å². The van der Waals surface area contributed by atoms with Crippen molar-refractivity contribution in [2.45, 2.75) is 51.5 Å². The van der Waals surface area contributed by atoms with Crippen molar-refractivity contribution in [3.8, 4) is 5.88 Å². The number of hydrogen-bond acceptors (Lipinski definition) is 5. The number of carbonyl (C=O) groups excluding carboxylic acids is 1. The zero-order chi connectivity index (χ0) is 21.3. The SMILES string of the molecule is Cc1ccc([C@@H]2CN(C)C[C@H]2NC(=O)C(C)(C)COc2ncccc2C2CC2)cn1. The van der Waals surface area contributed by atoms with Gasteiger partial charge >= 0.3 is 0 Å². The standard InChI is InChI=1S/C24H32N4O2/c1-16-7-8-18(12-26-16)20-13-28(4)14-21(20)27-23(29)24(2,3)15-30-22-19(17-9-10-17)6-5-11-25-22/h5-8,11-12,17,20-21H,9-10,13-15H2,1-4H3,(H,27,29)/t20-,21+/m0/s1. The Morgan fingerprint density at radius 1 is 1.23 bits per heavy atom. The molecule has 160 valence electrons. The van der Waals surface area contributed by atoms with Gasteiger partial charge in [0.2, 0.25) is 11.8 Å². The fraction of sp³-hybridized carbons (Fsp3) is 0.542. The van der Waals surface area contributed by atoms with Crippen molar-refractivity contribution in [1.29, 1.82) is 0 Å². The molecule has 0 aromatic carbocycles. The summed E-state index contributed by atoms with van der Waals surface area (Å²) in [6.45, 7) is 7.89. The van der Waals surface area contributed by atoms with Gasteiger partial charge in [0.1, 0.15) is 6.61 Å². The molecule has 4 rings (SSSR count). The highest BCUT2D eigenvalue weighted by Gasteiger charge is 2.37. The Balaban J connectivity index is 1.40. The van der Waals surface area contributed by atoms with Gasteiger partial charge < -0.3 is 15.0 Å². The van der Waals surface area contributed by atoms with Crippen LogP contribution in [0, 0.1) is 12.3 Å². The summed E-state index contributed by atoms with van der Waals surface area (Å²) in [5, 5.41) is 3.29. The number of likely N-dealkylation sites (N-methyl/N-ethyl adjacent to an activating group) is 1. The summed E-state index contributed by atoms with van der Waals surface area (Å²) < 4.78 is 6.04. The van der Waals surface area contributed by atoms with E-state index in [9.17, 15) is 4.79 Å². The monoisotopic (exact) mass is 408 g/mol. The summed E-state index contributed by atoms with van der Waals surface area (Å²) in [7, 11) is 2.09. The van der Waals surface area contributed by atoms with Crippen LogP contribution in [-0.2, 0) is 4.79 Å². The summed E-state index contributed by atoms with van der Waals surface area (Å²) in [6.07, 6.45) is 6.07. The molecule has 0 bridgehead atoms. The number of carbonyl (C=O) groups is 1. The molecular formula is C24H32N4O2. The average Bonchev–Trinajstić information content (AvgIpc) is 3.50. The first-order valence-electron chi connectivity index (χ1n) is 10.8. The van der Waals surface area contributed by atoms with E-state index in [1.807, 2.05) is 39.1 Å². The number of amides is 1. The predicted molar refractivity (Wildman–Crippen MR) is 117 cm³/mol. The molecule has 2 fully saturated rings. The second-order valence-corrected chi connectivity index (χ2v) is 9.49. The molecule has 2 aliphatic rings. The molecule has 0 radical (unpaired) electrons. The van der Waals surface area contributed by atoms with Gasteiger partial charge in [-0.15, -0.1) is 0 Å². The normalized spacial score (nSPS) is 22.1. The smallest absolute Gasteiger partial charge is 0.229 e. The van der Waals surface area contributed by atoms with Gasteiger partial charge in [0, 0.05) is 48.7 Å². The first-order chi connectivity index (χ1) is 14.3. The quantitative estimate of drug-likeness (QED) is 0.762. The summed E-state index contributed by atoms with van der Waals surface area (Å²) in [6, 6.07) is 8.26. The molecule has 1 N–H and O–H groups in total. The minimum Gasteiger partial charge on any atom is -0.476 e. The Morgan fingerprint density at radius 2 is 2.03 bits per heavy atom. The van der Waals surface area contributed by atoms with Crippen LogP contribution in [0.4, 0.5) is 0 Å². The van der Waals surface area contributed by atoms with Crippen LogP contribution in [-0.4, -0.2) is 53.6 Å².